The van der Waals surface area contributed by atoms with Crippen LogP contribution < -0.4 is 20.7 Å². The quantitative estimate of drug-likeness (QED) is 0.498. The number of nitrogens with two attached hydrogens (primary N) is 1. The number of nitrogen functional groups attached to an aromatic ring is 1. The Morgan fingerprint density at radius 1 is 1.23 bits per heavy atom. The minimum absolute atomic E-state index is 0.162. The number of carbonyl (C=O) groups is 1. The van der Waals surface area contributed by atoms with Crippen LogP contribution in [-0.4, -0.2) is 13.0 Å². The van der Waals surface area contributed by atoms with E-state index in [0.717, 1.165) is 0 Å². The summed E-state index contributed by atoms with van der Waals surface area (Å²) < 4.78 is 10.9. The number of methoxy groups -OCH3 is 1. The molecule has 1 amide bonds. The van der Waals surface area contributed by atoms with Gasteiger partial charge in [0, 0.05) is 11.1 Å². The number of benzene rings is 2. The molecule has 2 aromatic rings. The first kappa shape index (κ1) is 16.4. The molecule has 0 radical (unpaired) electrons. The highest BCUT2D eigenvalue weighted by Crippen LogP contribution is 2.32. The zero-order chi connectivity index (χ0) is 16.1. The number of amides is 1. The Bertz CT molecular complexity index is 692. The van der Waals surface area contributed by atoms with Crippen molar-refractivity contribution in [2.24, 2.45) is 5.84 Å². The van der Waals surface area contributed by atoms with E-state index in [1.807, 2.05) is 0 Å². The predicted octanol–water partition coefficient (Wildman–Crippen LogP) is 3.18. The number of hydrogen-bond acceptors (Lipinski definition) is 4. The van der Waals surface area contributed by atoms with Crippen LogP contribution in [0, 0.1) is 0 Å². The van der Waals surface area contributed by atoms with Crippen LogP contribution in [0.15, 0.2) is 36.4 Å². The van der Waals surface area contributed by atoms with Crippen LogP contribution in [0.25, 0.3) is 0 Å². The molecule has 0 aliphatic heterocycles. The standard InChI is InChI=1S/C15H14Cl2N2O3/c1-21-12-6-5-9(15(20)19-18)7-10(12)8-22-13-4-2-3-11(16)14(13)17/h2-7H,8,18H2,1H3,(H,19,20). The van der Waals surface area contributed by atoms with E-state index >= 15 is 0 Å². The second-order valence-electron chi connectivity index (χ2n) is 4.34. The van der Waals surface area contributed by atoms with E-state index in [0.29, 0.717) is 32.7 Å². The second-order valence-corrected chi connectivity index (χ2v) is 5.13. The molecule has 0 bridgehead atoms. The van der Waals surface area contributed by atoms with E-state index in [-0.39, 0.29) is 6.61 Å². The lowest BCUT2D eigenvalue weighted by molar-refractivity contribution is 0.0953. The molecule has 0 unspecified atom stereocenters. The average molecular weight is 341 g/mol. The predicted molar refractivity (Wildman–Crippen MR) is 85.4 cm³/mol. The maximum atomic E-state index is 11.6. The Morgan fingerprint density at radius 2 is 2.00 bits per heavy atom. The summed E-state index contributed by atoms with van der Waals surface area (Å²) in [4.78, 5) is 11.6. The molecule has 3 N–H and O–H groups in total. The molecule has 2 rings (SSSR count). The van der Waals surface area contributed by atoms with Crippen molar-refractivity contribution in [2.45, 2.75) is 6.61 Å². The van der Waals surface area contributed by atoms with Crippen LogP contribution >= 0.6 is 23.2 Å². The van der Waals surface area contributed by atoms with Crippen molar-refractivity contribution in [1.29, 1.82) is 0 Å². The van der Waals surface area contributed by atoms with Gasteiger partial charge < -0.3 is 9.47 Å². The van der Waals surface area contributed by atoms with Gasteiger partial charge in [-0.3, -0.25) is 10.2 Å². The van der Waals surface area contributed by atoms with E-state index in [4.69, 9.17) is 38.5 Å². The number of hydrogen-bond donors (Lipinski definition) is 2. The van der Waals surface area contributed by atoms with Gasteiger partial charge in [0.25, 0.3) is 5.91 Å². The van der Waals surface area contributed by atoms with Crippen molar-refractivity contribution in [1.82, 2.24) is 5.43 Å². The van der Waals surface area contributed by atoms with Crippen molar-refractivity contribution in [3.63, 3.8) is 0 Å². The summed E-state index contributed by atoms with van der Waals surface area (Å²) in [6.07, 6.45) is 0. The van der Waals surface area contributed by atoms with E-state index in [1.54, 1.807) is 36.4 Å². The van der Waals surface area contributed by atoms with Gasteiger partial charge in [0.05, 0.1) is 12.1 Å². The molecule has 0 fully saturated rings. The first-order valence-electron chi connectivity index (χ1n) is 6.31. The third-order valence-electron chi connectivity index (χ3n) is 2.97. The number of ether oxygens (including phenoxy) is 2. The maximum absolute atomic E-state index is 11.6. The lowest BCUT2D eigenvalue weighted by atomic mass is 10.1. The van der Waals surface area contributed by atoms with E-state index in [9.17, 15) is 4.79 Å². The zero-order valence-electron chi connectivity index (χ0n) is 11.7. The molecular weight excluding hydrogens is 327 g/mol. The van der Waals surface area contributed by atoms with Gasteiger partial charge in [-0.2, -0.15) is 0 Å². The number of halogens is 2. The fourth-order valence-electron chi connectivity index (χ4n) is 1.87. The highest BCUT2D eigenvalue weighted by Gasteiger charge is 2.11. The highest BCUT2D eigenvalue weighted by atomic mass is 35.5. The summed E-state index contributed by atoms with van der Waals surface area (Å²) in [5, 5.41) is 0.737. The summed E-state index contributed by atoms with van der Waals surface area (Å²) in [6, 6.07) is 10.0. The average Bonchev–Trinajstić information content (AvgIpc) is 2.55. The molecule has 7 heteroatoms. The topological polar surface area (TPSA) is 73.6 Å². The highest BCUT2D eigenvalue weighted by molar-refractivity contribution is 6.42. The van der Waals surface area contributed by atoms with Gasteiger partial charge >= 0.3 is 0 Å². The molecule has 0 aliphatic rings. The van der Waals surface area contributed by atoms with Crippen molar-refractivity contribution >= 4 is 29.1 Å². The molecule has 22 heavy (non-hydrogen) atoms. The SMILES string of the molecule is COc1ccc(C(=O)NN)cc1COc1cccc(Cl)c1Cl. The summed E-state index contributed by atoms with van der Waals surface area (Å²) in [5.74, 6) is 5.77. The minimum atomic E-state index is -0.398. The Hall–Kier alpha value is -1.95. The smallest absolute Gasteiger partial charge is 0.265 e. The molecule has 0 heterocycles. The maximum Gasteiger partial charge on any atom is 0.265 e. The fourth-order valence-corrected chi connectivity index (χ4v) is 2.21. The zero-order valence-corrected chi connectivity index (χ0v) is 13.2. The van der Waals surface area contributed by atoms with Crippen LogP contribution in [0.2, 0.25) is 10.0 Å². The Kier molecular flexibility index (Phi) is 5.49. The normalized spacial score (nSPS) is 10.2. The lowest BCUT2D eigenvalue weighted by Crippen LogP contribution is -2.30. The monoisotopic (exact) mass is 340 g/mol. The van der Waals surface area contributed by atoms with E-state index in [2.05, 4.69) is 5.43 Å². The van der Waals surface area contributed by atoms with Gasteiger partial charge in [0.1, 0.15) is 23.1 Å². The van der Waals surface area contributed by atoms with Crippen LogP contribution in [0.5, 0.6) is 11.5 Å². The third kappa shape index (κ3) is 3.62. The minimum Gasteiger partial charge on any atom is -0.496 e. The molecular formula is C15H14Cl2N2O3. The van der Waals surface area contributed by atoms with Gasteiger partial charge in [-0.1, -0.05) is 29.3 Å². The van der Waals surface area contributed by atoms with Gasteiger partial charge in [-0.05, 0) is 30.3 Å². The van der Waals surface area contributed by atoms with Crippen LogP contribution in [0.3, 0.4) is 0 Å². The number of hydrazine groups is 1. The Balaban J connectivity index is 2.24. The molecule has 5 nitrogen and oxygen atoms in total. The second kappa shape index (κ2) is 7.35. The van der Waals surface area contributed by atoms with Gasteiger partial charge in [0.15, 0.2) is 0 Å². The first-order chi connectivity index (χ1) is 10.6. The van der Waals surface area contributed by atoms with Gasteiger partial charge in [0.2, 0.25) is 0 Å². The van der Waals surface area contributed by atoms with Crippen molar-refractivity contribution in [3.8, 4) is 11.5 Å². The Labute approximate surface area is 137 Å². The van der Waals surface area contributed by atoms with Crippen molar-refractivity contribution in [3.05, 3.63) is 57.6 Å². The molecule has 0 saturated heterocycles. The summed E-state index contributed by atoms with van der Waals surface area (Å²) in [7, 11) is 1.54. The molecule has 0 aliphatic carbocycles. The lowest BCUT2D eigenvalue weighted by Gasteiger charge is -2.13. The summed E-state index contributed by atoms with van der Waals surface area (Å²) in [5.41, 5.74) is 3.16. The van der Waals surface area contributed by atoms with E-state index in [1.165, 1.54) is 7.11 Å². The number of nitrogens with one attached hydrogen (secondary N) is 1. The van der Waals surface area contributed by atoms with Crippen LogP contribution in [0.1, 0.15) is 15.9 Å². The molecule has 2 aromatic carbocycles. The Morgan fingerprint density at radius 3 is 2.68 bits per heavy atom. The van der Waals surface area contributed by atoms with Crippen LogP contribution in [0.4, 0.5) is 0 Å². The first-order valence-corrected chi connectivity index (χ1v) is 7.07. The van der Waals surface area contributed by atoms with Gasteiger partial charge in [-0.15, -0.1) is 0 Å². The number of carbonyl (C=O) groups excluding carboxylic acids is 1. The van der Waals surface area contributed by atoms with Crippen molar-refractivity contribution < 1.29 is 14.3 Å². The van der Waals surface area contributed by atoms with E-state index < -0.39 is 5.91 Å². The third-order valence-corrected chi connectivity index (χ3v) is 3.77. The number of rotatable bonds is 5. The van der Waals surface area contributed by atoms with Gasteiger partial charge in [-0.25, -0.2) is 5.84 Å². The molecule has 0 aromatic heterocycles. The largest absolute Gasteiger partial charge is 0.496 e. The van der Waals surface area contributed by atoms with Crippen LogP contribution in [-0.2, 0) is 6.61 Å². The molecule has 0 spiro atoms. The summed E-state index contributed by atoms with van der Waals surface area (Å²) in [6.45, 7) is 0.162. The summed E-state index contributed by atoms with van der Waals surface area (Å²) >= 11 is 12.0. The van der Waals surface area contributed by atoms with Crippen molar-refractivity contribution in [2.75, 3.05) is 7.11 Å². The molecule has 0 saturated carbocycles. The fraction of sp³-hybridized carbons (Fsp3) is 0.133. The molecule has 0 atom stereocenters. The molecule has 116 valence electrons.